The molecule has 0 aliphatic heterocycles. The maximum atomic E-state index is 5.43. The van der Waals surface area contributed by atoms with Gasteiger partial charge in [-0.1, -0.05) is 0 Å². The zero-order chi connectivity index (χ0) is 9.61. The van der Waals surface area contributed by atoms with Crippen LogP contribution in [0.1, 0.15) is 6.42 Å². The minimum atomic E-state index is -1.97. The topological polar surface area (TPSA) is 18.5 Å². The summed E-state index contributed by atoms with van der Waals surface area (Å²) in [5.74, 6) is 1.67. The van der Waals surface area contributed by atoms with E-state index in [0.717, 1.165) is 17.9 Å². The van der Waals surface area contributed by atoms with Gasteiger partial charge in [0.15, 0.2) is 0 Å². The third-order valence-electron chi connectivity index (χ3n) is 2.25. The Bertz CT molecular complexity index is 120. The van der Waals surface area contributed by atoms with Crippen LogP contribution in [-0.4, -0.2) is 34.3 Å². The van der Waals surface area contributed by atoms with E-state index in [1.54, 1.807) is 14.2 Å². The lowest BCUT2D eigenvalue weighted by Gasteiger charge is -2.30. The molecule has 0 aromatic carbocycles. The van der Waals surface area contributed by atoms with E-state index in [0.29, 0.717) is 5.54 Å². The third-order valence-corrected chi connectivity index (χ3v) is 6.89. The Morgan fingerprint density at radius 1 is 1.25 bits per heavy atom. The van der Waals surface area contributed by atoms with Gasteiger partial charge in [0.25, 0.3) is 0 Å². The van der Waals surface area contributed by atoms with Gasteiger partial charge in [-0.15, -0.1) is 0 Å². The van der Waals surface area contributed by atoms with Crippen molar-refractivity contribution in [2.45, 2.75) is 18.5 Å². The third kappa shape index (κ3) is 3.30. The van der Waals surface area contributed by atoms with E-state index in [1.807, 2.05) is 0 Å². The van der Waals surface area contributed by atoms with Gasteiger partial charge in [-0.3, -0.25) is 0 Å². The number of thiol groups is 2. The van der Waals surface area contributed by atoms with Crippen molar-refractivity contribution in [1.29, 1.82) is 0 Å². The van der Waals surface area contributed by atoms with Crippen LogP contribution in [0.15, 0.2) is 0 Å². The number of rotatable bonds is 6. The fourth-order valence-electron chi connectivity index (χ4n) is 1.09. The molecule has 0 amide bonds. The molecule has 0 heterocycles. The van der Waals surface area contributed by atoms with Gasteiger partial charge in [-0.25, -0.2) is 0 Å². The molecule has 1 atom stereocenters. The molecule has 0 saturated heterocycles. The minimum Gasteiger partial charge on any atom is -0.398 e. The van der Waals surface area contributed by atoms with Crippen LogP contribution >= 0.6 is 25.3 Å². The van der Waals surface area contributed by atoms with Crippen LogP contribution in [0.5, 0.6) is 0 Å². The molecular weight excluding hydrogens is 208 g/mol. The average Bonchev–Trinajstić information content (AvgIpc) is 2.13. The zero-order valence-electron chi connectivity index (χ0n) is 7.91. The van der Waals surface area contributed by atoms with E-state index >= 15 is 0 Å². The molecule has 12 heavy (non-hydrogen) atoms. The number of hydrogen-bond acceptors (Lipinski definition) is 4. The zero-order valence-corrected chi connectivity index (χ0v) is 10.7. The molecule has 0 bridgehead atoms. The van der Waals surface area contributed by atoms with Gasteiger partial charge in [0, 0.05) is 19.8 Å². The molecule has 0 saturated carbocycles. The van der Waals surface area contributed by atoms with Crippen molar-refractivity contribution >= 4 is 33.8 Å². The van der Waals surface area contributed by atoms with Gasteiger partial charge in [-0.2, -0.15) is 25.3 Å². The van der Waals surface area contributed by atoms with Gasteiger partial charge in [0.05, 0.1) is 0 Å². The first-order valence-electron chi connectivity index (χ1n) is 3.96. The summed E-state index contributed by atoms with van der Waals surface area (Å²) in [5.41, 5.74) is 0.424. The quantitative estimate of drug-likeness (QED) is 0.533. The van der Waals surface area contributed by atoms with Gasteiger partial charge < -0.3 is 8.85 Å². The Labute approximate surface area is 87.1 Å². The minimum absolute atomic E-state index is 0.424. The Morgan fingerprint density at radius 3 is 2.00 bits per heavy atom. The Kier molecular flexibility index (Phi) is 6.76. The molecule has 0 radical (unpaired) electrons. The van der Waals surface area contributed by atoms with Crippen LogP contribution in [0.25, 0.3) is 0 Å². The van der Waals surface area contributed by atoms with Crippen molar-refractivity contribution in [3.63, 3.8) is 0 Å². The van der Waals surface area contributed by atoms with Gasteiger partial charge in [0.1, 0.15) is 0 Å². The molecule has 0 aromatic heterocycles. The second-order valence-corrected chi connectivity index (χ2v) is 7.29. The maximum Gasteiger partial charge on any atom is 0.338 e. The van der Waals surface area contributed by atoms with Gasteiger partial charge in [-0.05, 0) is 24.5 Å². The summed E-state index contributed by atoms with van der Waals surface area (Å²) in [6.45, 7) is 2.07. The maximum absolute atomic E-state index is 5.43. The van der Waals surface area contributed by atoms with Gasteiger partial charge in [0.2, 0.25) is 0 Å². The Morgan fingerprint density at radius 2 is 1.75 bits per heavy atom. The van der Waals surface area contributed by atoms with E-state index in [4.69, 9.17) is 8.85 Å². The van der Waals surface area contributed by atoms with E-state index in [1.165, 1.54) is 0 Å². The molecule has 0 spiro atoms. The summed E-state index contributed by atoms with van der Waals surface area (Å²) in [6, 6.07) is 0. The van der Waals surface area contributed by atoms with Crippen molar-refractivity contribution in [2.75, 3.05) is 25.7 Å². The summed E-state index contributed by atoms with van der Waals surface area (Å²) in [4.78, 5) is 0. The lowest BCUT2D eigenvalue weighted by atomic mass is 10.4. The van der Waals surface area contributed by atoms with Crippen molar-refractivity contribution in [1.82, 2.24) is 0 Å². The van der Waals surface area contributed by atoms with Crippen LogP contribution in [0, 0.1) is 0 Å². The largest absolute Gasteiger partial charge is 0.398 e. The molecule has 0 rings (SSSR count). The molecule has 0 aliphatic rings. The summed E-state index contributed by atoms with van der Waals surface area (Å²) in [5, 5.41) is 0. The summed E-state index contributed by atoms with van der Waals surface area (Å²) < 4.78 is 10.9. The fraction of sp³-hybridized carbons (Fsp3) is 1.00. The first-order valence-corrected chi connectivity index (χ1v) is 7.62. The first-order chi connectivity index (χ1) is 5.64. The van der Waals surface area contributed by atoms with Crippen LogP contribution in [0.4, 0.5) is 0 Å². The monoisotopic (exact) mass is 226 g/mol. The van der Waals surface area contributed by atoms with Crippen molar-refractivity contribution in [3.8, 4) is 0 Å². The van der Waals surface area contributed by atoms with Crippen molar-refractivity contribution in [2.24, 2.45) is 0 Å². The molecule has 1 unspecified atom stereocenters. The highest BCUT2D eigenvalue weighted by Gasteiger charge is 2.37. The SMILES string of the molecule is CO[Si](C)(OC)C(CS)CCS. The second kappa shape index (κ2) is 6.31. The van der Waals surface area contributed by atoms with Crippen molar-refractivity contribution < 1.29 is 8.85 Å². The summed E-state index contributed by atoms with van der Waals surface area (Å²) in [7, 11) is 1.45. The average molecular weight is 226 g/mol. The molecule has 2 nitrogen and oxygen atoms in total. The molecule has 0 aromatic rings. The predicted octanol–water partition coefficient (Wildman–Crippen LogP) is 1.97. The van der Waals surface area contributed by atoms with Crippen LogP contribution < -0.4 is 0 Å². The highest BCUT2D eigenvalue weighted by molar-refractivity contribution is 7.80. The van der Waals surface area contributed by atoms with Crippen molar-refractivity contribution in [3.05, 3.63) is 0 Å². The lowest BCUT2D eigenvalue weighted by Crippen LogP contribution is -2.42. The van der Waals surface area contributed by atoms with E-state index in [-0.39, 0.29) is 0 Å². The highest BCUT2D eigenvalue weighted by atomic mass is 32.1. The summed E-state index contributed by atoms with van der Waals surface area (Å²) in [6.07, 6.45) is 1.01. The fourth-order valence-corrected chi connectivity index (χ4v) is 4.66. The second-order valence-electron chi connectivity index (χ2n) is 2.82. The molecule has 74 valence electrons. The van der Waals surface area contributed by atoms with Gasteiger partial charge >= 0.3 is 8.56 Å². The van der Waals surface area contributed by atoms with Crippen LogP contribution in [-0.2, 0) is 8.85 Å². The smallest absolute Gasteiger partial charge is 0.338 e. The van der Waals surface area contributed by atoms with E-state index in [9.17, 15) is 0 Å². The van der Waals surface area contributed by atoms with E-state index < -0.39 is 8.56 Å². The van der Waals surface area contributed by atoms with Crippen LogP contribution in [0.2, 0.25) is 12.1 Å². The Hall–Kier alpha value is 0.837. The van der Waals surface area contributed by atoms with Crippen LogP contribution in [0.3, 0.4) is 0 Å². The molecule has 0 fully saturated rings. The Balaban J connectivity index is 4.21. The van der Waals surface area contributed by atoms with E-state index in [2.05, 4.69) is 31.8 Å². The first kappa shape index (κ1) is 12.8. The molecule has 5 heteroatoms. The normalized spacial score (nSPS) is 14.8. The highest BCUT2D eigenvalue weighted by Crippen LogP contribution is 2.28. The summed E-state index contributed by atoms with van der Waals surface area (Å²) >= 11 is 8.49. The number of hydrogen-bond donors (Lipinski definition) is 2. The molecule has 0 aliphatic carbocycles. The standard InChI is InChI=1S/C7H18O2S2Si/c1-8-12(3,9-2)7(6-11)4-5-10/h7,10-11H,4-6H2,1-3H3. The predicted molar refractivity (Wildman–Crippen MR) is 61.7 cm³/mol. The molecular formula is C7H18O2S2Si. The molecule has 0 N–H and O–H groups in total. The lowest BCUT2D eigenvalue weighted by molar-refractivity contribution is 0.238.